The highest BCUT2D eigenvalue weighted by Gasteiger charge is 2.46. The van der Waals surface area contributed by atoms with Gasteiger partial charge in [-0.1, -0.05) is 72.5 Å². The summed E-state index contributed by atoms with van der Waals surface area (Å²) < 4.78 is 0. The van der Waals surface area contributed by atoms with Crippen LogP contribution in [0.5, 0.6) is 0 Å². The van der Waals surface area contributed by atoms with Gasteiger partial charge < -0.3 is 35.7 Å². The Balaban J connectivity index is 0.000000500. The van der Waals surface area contributed by atoms with Crippen LogP contribution < -0.4 is 0 Å². The molecule has 2 atom stereocenters. The van der Waals surface area contributed by atoms with Crippen LogP contribution in [0.15, 0.2) is 60.7 Å². The predicted molar refractivity (Wildman–Crippen MR) is 136 cm³/mol. The maximum absolute atomic E-state index is 10.9. The molecule has 0 spiro atoms. The molecule has 9 heteroatoms. The lowest BCUT2D eigenvalue weighted by Gasteiger charge is -2.39. The maximum atomic E-state index is 10.9. The molecule has 2 aromatic rings. The van der Waals surface area contributed by atoms with Crippen LogP contribution in [0.4, 0.5) is 0 Å². The molecular formula is C27H36N2O7. The van der Waals surface area contributed by atoms with E-state index in [4.69, 9.17) is 32.0 Å². The molecule has 36 heavy (non-hydrogen) atoms. The van der Waals surface area contributed by atoms with Gasteiger partial charge >= 0.3 is 0 Å². The third-order valence-electron chi connectivity index (χ3n) is 5.66. The van der Waals surface area contributed by atoms with Crippen LogP contribution in [0.2, 0.25) is 0 Å². The minimum absolute atomic E-state index is 0.428. The Hall–Kier alpha value is -2.80. The molecule has 0 aliphatic carbocycles. The highest BCUT2D eigenvalue weighted by atomic mass is 16.5. The van der Waals surface area contributed by atoms with Crippen molar-refractivity contribution in [1.29, 1.82) is 0 Å². The lowest BCUT2D eigenvalue weighted by molar-refractivity contribution is -0.170. The molecule has 1 saturated heterocycles. The maximum Gasteiger partial charge on any atom is 0.199 e. The molecule has 0 radical (unpaired) electrons. The van der Waals surface area contributed by atoms with Crippen LogP contribution >= 0.6 is 0 Å². The van der Waals surface area contributed by atoms with Crippen molar-refractivity contribution in [3.63, 3.8) is 0 Å². The summed E-state index contributed by atoms with van der Waals surface area (Å²) >= 11 is 0. The number of aliphatic hydroxyl groups excluding tert-OH is 4. The summed E-state index contributed by atoms with van der Waals surface area (Å²) in [6.07, 6.45) is 7.70. The molecule has 0 amide bonds. The average molecular weight is 501 g/mol. The summed E-state index contributed by atoms with van der Waals surface area (Å²) in [7, 11) is 1.00. The summed E-state index contributed by atoms with van der Waals surface area (Å²) in [6, 6.07) is 20.2. The topological polar surface area (TPSA) is 148 Å². The summed E-state index contributed by atoms with van der Waals surface area (Å²) in [4.78, 5) is 4.29. The molecule has 2 aromatic carbocycles. The Morgan fingerprint density at radius 1 is 0.806 bits per heavy atom. The molecule has 0 unspecified atom stereocenters. The van der Waals surface area contributed by atoms with Crippen LogP contribution in [-0.2, 0) is 13.1 Å². The van der Waals surface area contributed by atoms with E-state index in [1.807, 2.05) is 36.4 Å². The normalized spacial score (nSPS) is 17.4. The van der Waals surface area contributed by atoms with Gasteiger partial charge in [0.25, 0.3) is 0 Å². The van der Waals surface area contributed by atoms with Gasteiger partial charge in [-0.3, -0.25) is 9.80 Å². The van der Waals surface area contributed by atoms with Crippen LogP contribution in [-0.4, -0.2) is 103 Å². The Kier molecular flexibility index (Phi) is 13.3. The Morgan fingerprint density at radius 2 is 1.22 bits per heavy atom. The third kappa shape index (κ3) is 8.40. The molecule has 1 heterocycles. The first-order valence-corrected chi connectivity index (χ1v) is 11.2. The number of terminal acetylenes is 2. The molecule has 196 valence electrons. The number of benzene rings is 2. The van der Waals surface area contributed by atoms with E-state index in [1.165, 1.54) is 0 Å². The molecule has 0 saturated carbocycles. The second kappa shape index (κ2) is 15.3. The van der Waals surface area contributed by atoms with Gasteiger partial charge in [0.15, 0.2) is 17.5 Å². The van der Waals surface area contributed by atoms with Crippen molar-refractivity contribution < 1.29 is 35.7 Å². The predicted octanol–water partition coefficient (Wildman–Crippen LogP) is -1.05. The number of hydrogen-bond donors (Lipinski definition) is 7. The molecule has 7 N–H and O–H groups in total. The first-order chi connectivity index (χ1) is 17.2. The fourth-order valence-electron chi connectivity index (χ4n) is 3.71. The largest absolute Gasteiger partial charge is 0.400 e. The zero-order valence-corrected chi connectivity index (χ0v) is 20.4. The van der Waals surface area contributed by atoms with Crippen molar-refractivity contribution in [3.05, 3.63) is 71.8 Å². The van der Waals surface area contributed by atoms with E-state index in [0.29, 0.717) is 13.1 Å². The second-order valence-electron chi connectivity index (χ2n) is 8.11. The average Bonchev–Trinajstić information content (AvgIpc) is 3.32. The lowest BCUT2D eigenvalue weighted by Crippen LogP contribution is -2.57. The number of rotatable bonds is 8. The highest BCUT2D eigenvalue weighted by Crippen LogP contribution is 2.28. The zero-order valence-electron chi connectivity index (χ0n) is 20.4. The van der Waals surface area contributed by atoms with Gasteiger partial charge in [-0.05, 0) is 11.1 Å². The highest BCUT2D eigenvalue weighted by molar-refractivity contribution is 5.20. The molecule has 0 aromatic heterocycles. The molecule has 0 bridgehead atoms. The Bertz CT molecular complexity index is 912. The minimum Gasteiger partial charge on any atom is -0.400 e. The van der Waals surface area contributed by atoms with E-state index in [2.05, 4.69) is 46.4 Å². The van der Waals surface area contributed by atoms with E-state index in [9.17, 15) is 10.2 Å². The van der Waals surface area contributed by atoms with E-state index in [1.54, 1.807) is 5.92 Å². The van der Waals surface area contributed by atoms with Gasteiger partial charge in [0, 0.05) is 33.3 Å². The van der Waals surface area contributed by atoms with Gasteiger partial charge in [0.1, 0.15) is 6.17 Å². The van der Waals surface area contributed by atoms with Crippen molar-refractivity contribution in [1.82, 2.24) is 9.80 Å². The van der Waals surface area contributed by atoms with Gasteiger partial charge in [-0.15, -0.1) is 12.8 Å². The van der Waals surface area contributed by atoms with Gasteiger partial charge in [-0.2, -0.15) is 0 Å². The molecule has 3 rings (SSSR count). The van der Waals surface area contributed by atoms with Crippen molar-refractivity contribution in [2.75, 3.05) is 33.4 Å². The summed E-state index contributed by atoms with van der Waals surface area (Å²) in [5.41, 5.74) is -1.50. The van der Waals surface area contributed by atoms with Crippen LogP contribution in [0.25, 0.3) is 0 Å². The summed E-state index contributed by atoms with van der Waals surface area (Å²) in [6.45, 7) is 1.60. The summed E-state index contributed by atoms with van der Waals surface area (Å²) in [5.74, 6) is 4.06. The first-order valence-electron chi connectivity index (χ1n) is 11.2. The SMILES string of the molecule is C#C[C@@](O)(CO)C(O)O.C#C[C@@](O)(CO)C1N(Cc2ccccc2)CCN1Cc1ccccc1.CO. The minimum atomic E-state index is -2.22. The molecular weight excluding hydrogens is 464 g/mol. The fourth-order valence-corrected chi connectivity index (χ4v) is 3.71. The van der Waals surface area contributed by atoms with Crippen molar-refractivity contribution in [2.45, 2.75) is 36.7 Å². The van der Waals surface area contributed by atoms with Crippen molar-refractivity contribution in [3.8, 4) is 24.7 Å². The smallest absolute Gasteiger partial charge is 0.199 e. The second-order valence-corrected chi connectivity index (χ2v) is 8.11. The summed E-state index contributed by atoms with van der Waals surface area (Å²) in [5, 5.41) is 61.1. The van der Waals surface area contributed by atoms with Gasteiger partial charge in [0.05, 0.1) is 13.2 Å². The Labute approximate surface area is 212 Å². The van der Waals surface area contributed by atoms with Gasteiger partial charge in [0.2, 0.25) is 0 Å². The zero-order chi connectivity index (χ0) is 27.2. The van der Waals surface area contributed by atoms with Gasteiger partial charge in [-0.25, -0.2) is 0 Å². The fraction of sp³-hybridized carbons (Fsp3) is 0.407. The molecule has 1 aliphatic rings. The van der Waals surface area contributed by atoms with E-state index >= 15 is 0 Å². The van der Waals surface area contributed by atoms with Crippen LogP contribution in [0, 0.1) is 24.7 Å². The number of aliphatic hydroxyl groups is 7. The molecule has 1 aliphatic heterocycles. The van der Waals surface area contributed by atoms with Crippen molar-refractivity contribution >= 4 is 0 Å². The third-order valence-corrected chi connectivity index (χ3v) is 5.66. The van der Waals surface area contributed by atoms with Crippen molar-refractivity contribution in [2.24, 2.45) is 0 Å². The Morgan fingerprint density at radius 3 is 1.47 bits per heavy atom. The molecule has 9 nitrogen and oxygen atoms in total. The van der Waals surface area contributed by atoms with Crippen LogP contribution in [0.1, 0.15) is 11.1 Å². The monoisotopic (exact) mass is 500 g/mol. The molecule has 1 fully saturated rings. The first kappa shape index (κ1) is 31.2. The van der Waals surface area contributed by atoms with E-state index in [-0.39, 0.29) is 0 Å². The standard InChI is InChI=1S/C21H24N2O2.C5H8O4.CH4O/c1-2-21(25,17-24)20-22(15-18-9-5-3-6-10-18)13-14-23(20)16-19-11-7-4-8-12-19;1-2-5(9,3-6)4(7)8;1-2/h1,3-12,20,24-25H,13-17H2;1,4,6-9H,3H2;2H,1H3/t21-;5-;/m11./s1. The van der Waals surface area contributed by atoms with Crippen LogP contribution in [0.3, 0.4) is 0 Å². The van der Waals surface area contributed by atoms with E-state index in [0.717, 1.165) is 31.3 Å². The van der Waals surface area contributed by atoms with E-state index < -0.39 is 36.9 Å². The lowest BCUT2D eigenvalue weighted by atomic mass is 10.00. The quantitative estimate of drug-likeness (QED) is 0.178. The number of hydrogen-bond acceptors (Lipinski definition) is 9. The number of nitrogens with zero attached hydrogens (tertiary/aromatic N) is 2.